The molecule has 1 saturated carbocycles. The van der Waals surface area contributed by atoms with Gasteiger partial charge in [-0.2, -0.15) is 0 Å². The van der Waals surface area contributed by atoms with Crippen LogP contribution in [-0.2, 0) is 4.79 Å². The number of rotatable bonds is 4. The fourth-order valence-electron chi connectivity index (χ4n) is 2.27. The zero-order valence-corrected chi connectivity index (χ0v) is 11.6. The van der Waals surface area contributed by atoms with E-state index in [1.807, 2.05) is 18.2 Å². The number of amides is 1. The van der Waals surface area contributed by atoms with Crippen molar-refractivity contribution in [3.63, 3.8) is 0 Å². The minimum atomic E-state index is 0.0505. The van der Waals surface area contributed by atoms with Crippen molar-refractivity contribution < 1.29 is 4.79 Å². The summed E-state index contributed by atoms with van der Waals surface area (Å²) in [6.07, 6.45) is 3.05. The third kappa shape index (κ3) is 3.86. The lowest BCUT2D eigenvalue weighted by molar-refractivity contribution is -0.123. The van der Waals surface area contributed by atoms with Gasteiger partial charge in [0.15, 0.2) is 0 Å². The van der Waals surface area contributed by atoms with Gasteiger partial charge in [0.05, 0.1) is 6.04 Å². The first-order valence-corrected chi connectivity index (χ1v) is 6.80. The Morgan fingerprint density at radius 2 is 1.89 bits per heavy atom. The first kappa shape index (κ1) is 13.1. The van der Waals surface area contributed by atoms with Crippen molar-refractivity contribution in [2.75, 3.05) is 0 Å². The quantitative estimate of drug-likeness (QED) is 0.861. The van der Waals surface area contributed by atoms with Crippen LogP contribution >= 0.6 is 0 Å². The Morgan fingerprint density at radius 3 is 2.39 bits per heavy atom. The van der Waals surface area contributed by atoms with Crippen LogP contribution in [0.1, 0.15) is 51.6 Å². The highest BCUT2D eigenvalue weighted by molar-refractivity contribution is 5.77. The average molecular weight is 245 g/mol. The van der Waals surface area contributed by atoms with Crippen molar-refractivity contribution in [1.29, 1.82) is 0 Å². The van der Waals surface area contributed by atoms with Crippen molar-refractivity contribution >= 4 is 5.91 Å². The van der Waals surface area contributed by atoms with E-state index in [9.17, 15) is 4.79 Å². The van der Waals surface area contributed by atoms with Gasteiger partial charge in [-0.05, 0) is 29.7 Å². The van der Waals surface area contributed by atoms with E-state index >= 15 is 0 Å². The Labute approximate surface area is 110 Å². The molecular weight excluding hydrogens is 222 g/mol. The van der Waals surface area contributed by atoms with Crippen LogP contribution in [0.2, 0.25) is 0 Å². The molecule has 98 valence electrons. The average Bonchev–Trinajstić information content (AvgIpc) is 3.08. The van der Waals surface area contributed by atoms with Gasteiger partial charge in [0.25, 0.3) is 0 Å². The van der Waals surface area contributed by atoms with Gasteiger partial charge < -0.3 is 5.32 Å². The SMILES string of the molecule is CC(C)(C)CC(=O)NC(c1ccccc1)C1CC1. The van der Waals surface area contributed by atoms with Gasteiger partial charge in [0.2, 0.25) is 5.91 Å². The fraction of sp³-hybridized carbons (Fsp3) is 0.562. The van der Waals surface area contributed by atoms with Crippen molar-refractivity contribution in [1.82, 2.24) is 5.32 Å². The smallest absolute Gasteiger partial charge is 0.221 e. The zero-order chi connectivity index (χ0) is 13.2. The number of hydrogen-bond donors (Lipinski definition) is 1. The summed E-state index contributed by atoms with van der Waals surface area (Å²) >= 11 is 0. The number of benzene rings is 1. The van der Waals surface area contributed by atoms with Gasteiger partial charge in [-0.25, -0.2) is 0 Å². The van der Waals surface area contributed by atoms with Crippen LogP contribution in [0.25, 0.3) is 0 Å². The van der Waals surface area contributed by atoms with Crippen LogP contribution in [0.3, 0.4) is 0 Å². The monoisotopic (exact) mass is 245 g/mol. The predicted molar refractivity (Wildman–Crippen MR) is 74.1 cm³/mol. The molecule has 1 aromatic carbocycles. The van der Waals surface area contributed by atoms with E-state index in [0.717, 1.165) is 0 Å². The van der Waals surface area contributed by atoms with Crippen molar-refractivity contribution in [3.05, 3.63) is 35.9 Å². The number of carbonyl (C=O) groups excluding carboxylic acids is 1. The molecule has 0 radical (unpaired) electrons. The molecule has 1 atom stereocenters. The van der Waals surface area contributed by atoms with Gasteiger partial charge in [0.1, 0.15) is 0 Å². The minimum absolute atomic E-state index is 0.0505. The molecule has 1 aliphatic rings. The summed E-state index contributed by atoms with van der Waals surface area (Å²) in [5.41, 5.74) is 1.29. The summed E-state index contributed by atoms with van der Waals surface area (Å²) in [5, 5.41) is 3.21. The predicted octanol–water partition coefficient (Wildman–Crippen LogP) is 3.69. The molecule has 2 rings (SSSR count). The molecule has 0 aliphatic heterocycles. The second-order valence-corrected chi connectivity index (χ2v) is 6.53. The molecule has 1 amide bonds. The van der Waals surface area contributed by atoms with Gasteiger partial charge in [-0.3, -0.25) is 4.79 Å². The maximum absolute atomic E-state index is 12.1. The van der Waals surface area contributed by atoms with Crippen LogP contribution in [0.5, 0.6) is 0 Å². The summed E-state index contributed by atoms with van der Waals surface area (Å²) in [6, 6.07) is 10.5. The van der Waals surface area contributed by atoms with E-state index in [1.54, 1.807) is 0 Å². The molecule has 2 nitrogen and oxygen atoms in total. The lowest BCUT2D eigenvalue weighted by Gasteiger charge is -2.22. The first-order valence-electron chi connectivity index (χ1n) is 6.80. The molecular formula is C16H23NO. The molecule has 0 saturated heterocycles. The largest absolute Gasteiger partial charge is 0.349 e. The van der Waals surface area contributed by atoms with Crippen molar-refractivity contribution in [3.8, 4) is 0 Å². The highest BCUT2D eigenvalue weighted by Gasteiger charge is 2.33. The summed E-state index contributed by atoms with van der Waals surface area (Å²) in [4.78, 5) is 12.1. The first-order chi connectivity index (χ1) is 8.46. The lowest BCUT2D eigenvalue weighted by atomic mass is 9.91. The Balaban J connectivity index is 2.02. The number of hydrogen-bond acceptors (Lipinski definition) is 1. The number of carbonyl (C=O) groups is 1. The third-order valence-electron chi connectivity index (χ3n) is 3.26. The third-order valence-corrected chi connectivity index (χ3v) is 3.26. The van der Waals surface area contributed by atoms with Crippen LogP contribution < -0.4 is 5.32 Å². The van der Waals surface area contributed by atoms with E-state index in [4.69, 9.17) is 0 Å². The summed E-state index contributed by atoms with van der Waals surface area (Å²) in [5.74, 6) is 0.805. The molecule has 1 unspecified atom stereocenters. The van der Waals surface area contributed by atoms with E-state index in [0.29, 0.717) is 12.3 Å². The summed E-state index contributed by atoms with van der Waals surface area (Å²) in [6.45, 7) is 6.30. The lowest BCUT2D eigenvalue weighted by Crippen LogP contribution is -2.32. The molecule has 0 bridgehead atoms. The van der Waals surface area contributed by atoms with Gasteiger partial charge in [0, 0.05) is 6.42 Å². The van der Waals surface area contributed by atoms with Crippen molar-refractivity contribution in [2.24, 2.45) is 11.3 Å². The Bertz CT molecular complexity index is 401. The Morgan fingerprint density at radius 1 is 1.28 bits per heavy atom. The van der Waals surface area contributed by atoms with Crippen LogP contribution in [0.15, 0.2) is 30.3 Å². The van der Waals surface area contributed by atoms with Gasteiger partial charge in [-0.15, -0.1) is 0 Å². The molecule has 1 aromatic rings. The minimum Gasteiger partial charge on any atom is -0.349 e. The van der Waals surface area contributed by atoms with E-state index in [1.165, 1.54) is 18.4 Å². The molecule has 18 heavy (non-hydrogen) atoms. The normalized spacial score (nSPS) is 17.3. The highest BCUT2D eigenvalue weighted by Crippen LogP contribution is 2.41. The topological polar surface area (TPSA) is 29.1 Å². The molecule has 1 aliphatic carbocycles. The van der Waals surface area contributed by atoms with Crippen molar-refractivity contribution in [2.45, 2.75) is 46.1 Å². The molecule has 0 heterocycles. The van der Waals surface area contributed by atoms with E-state index < -0.39 is 0 Å². The maximum Gasteiger partial charge on any atom is 0.221 e. The summed E-state index contributed by atoms with van der Waals surface area (Å²) < 4.78 is 0. The number of nitrogens with one attached hydrogen (secondary N) is 1. The Hall–Kier alpha value is -1.31. The van der Waals surface area contributed by atoms with E-state index in [2.05, 4.69) is 38.2 Å². The fourth-order valence-corrected chi connectivity index (χ4v) is 2.27. The molecule has 1 N–H and O–H groups in total. The maximum atomic E-state index is 12.1. The zero-order valence-electron chi connectivity index (χ0n) is 11.6. The molecule has 0 aromatic heterocycles. The highest BCUT2D eigenvalue weighted by atomic mass is 16.1. The van der Waals surface area contributed by atoms with E-state index in [-0.39, 0.29) is 17.4 Å². The van der Waals surface area contributed by atoms with Crippen LogP contribution in [-0.4, -0.2) is 5.91 Å². The standard InChI is InChI=1S/C16H23NO/c1-16(2,3)11-14(18)17-15(13-9-10-13)12-7-5-4-6-8-12/h4-8,13,15H,9-11H2,1-3H3,(H,17,18). The molecule has 0 spiro atoms. The van der Waals surface area contributed by atoms with Gasteiger partial charge in [-0.1, -0.05) is 51.1 Å². The van der Waals surface area contributed by atoms with Crippen LogP contribution in [0.4, 0.5) is 0 Å². The summed E-state index contributed by atoms with van der Waals surface area (Å²) in [7, 11) is 0. The molecule has 2 heteroatoms. The van der Waals surface area contributed by atoms with Gasteiger partial charge >= 0.3 is 0 Å². The Kier molecular flexibility index (Phi) is 3.74. The second kappa shape index (κ2) is 5.13. The second-order valence-electron chi connectivity index (χ2n) is 6.53. The van der Waals surface area contributed by atoms with Crippen LogP contribution in [0, 0.1) is 11.3 Å². The molecule has 1 fully saturated rings.